The number of hydrogen-bond acceptors (Lipinski definition) is 3. The van der Waals surface area contributed by atoms with Crippen LogP contribution in [-0.2, 0) is 4.79 Å². The van der Waals surface area contributed by atoms with Gasteiger partial charge in [-0.05, 0) is 43.3 Å². The Kier molecular flexibility index (Phi) is 5.75. The Hall–Kier alpha value is -2.18. The third-order valence-corrected chi connectivity index (χ3v) is 4.01. The first-order chi connectivity index (χ1) is 11.3. The largest absolute Gasteiger partial charge is 0.490 e. The number of carbonyl (C=O) groups excluding carboxylic acids is 1. The minimum atomic E-state index is -1.78. The second-order valence-corrected chi connectivity index (χ2v) is 6.41. The Labute approximate surface area is 152 Å². The Morgan fingerprint density at radius 2 is 2.04 bits per heavy atom. The van der Waals surface area contributed by atoms with Gasteiger partial charge < -0.3 is 15.2 Å². The monoisotopic (exact) mass is 440 g/mol. The van der Waals surface area contributed by atoms with E-state index in [1.54, 1.807) is 18.2 Å². The summed E-state index contributed by atoms with van der Waals surface area (Å²) in [6, 6.07) is 10.1. The fourth-order valence-electron chi connectivity index (χ4n) is 1.76. The number of ether oxygens (including phenoxy) is 1. The third-order valence-electron chi connectivity index (χ3n) is 3.15. The first-order valence-corrected chi connectivity index (χ1v) is 7.99. The molecule has 2 aromatic rings. The molecule has 5 nitrogen and oxygen atoms in total. The van der Waals surface area contributed by atoms with Crippen LogP contribution < -0.4 is 10.1 Å². The molecule has 0 aliphatic heterocycles. The van der Waals surface area contributed by atoms with Crippen LogP contribution in [0, 0.1) is 16.0 Å². The number of nitrogens with one attached hydrogen (secondary N) is 1. The lowest BCUT2D eigenvalue weighted by molar-refractivity contribution is -0.135. The molecule has 0 aliphatic carbocycles. The molecule has 2 N–H and O–H groups in total. The van der Waals surface area contributed by atoms with Gasteiger partial charge in [-0.15, -0.1) is 0 Å². The highest BCUT2D eigenvalue weighted by molar-refractivity contribution is 14.1. The van der Waals surface area contributed by atoms with Gasteiger partial charge in [0.05, 0.1) is 6.57 Å². The van der Waals surface area contributed by atoms with Gasteiger partial charge in [0.15, 0.2) is 11.3 Å². The smallest absolute Gasteiger partial charge is 0.259 e. The summed E-state index contributed by atoms with van der Waals surface area (Å²) < 4.78 is 18.9. The second-order valence-electron chi connectivity index (χ2n) is 5.25. The molecule has 0 fully saturated rings. The quantitative estimate of drug-likeness (QED) is 0.550. The summed E-state index contributed by atoms with van der Waals surface area (Å²) in [6.07, 6.45) is 0. The van der Waals surface area contributed by atoms with E-state index in [1.807, 2.05) is 22.6 Å². The van der Waals surface area contributed by atoms with Crippen LogP contribution in [0.5, 0.6) is 5.75 Å². The number of halogens is 2. The Balaban J connectivity index is 2.00. The summed E-state index contributed by atoms with van der Waals surface area (Å²) in [5.41, 5.74) is -0.822. The average molecular weight is 440 g/mol. The van der Waals surface area contributed by atoms with Crippen LogP contribution in [0.3, 0.4) is 0 Å². The SMILES string of the molecule is [C-]#[N+]c1ccc(NC(=O)C(C)(O)COc2ccc(F)cc2)cc1I. The molecule has 24 heavy (non-hydrogen) atoms. The molecule has 124 valence electrons. The predicted octanol–water partition coefficient (Wildman–Crippen LogP) is 3.75. The molecule has 2 rings (SSSR count). The predicted molar refractivity (Wildman–Crippen MR) is 96.6 cm³/mol. The molecule has 2 aromatic carbocycles. The first kappa shape index (κ1) is 18.2. The highest BCUT2D eigenvalue weighted by Gasteiger charge is 2.31. The molecular formula is C17H14FIN2O3. The lowest BCUT2D eigenvalue weighted by Crippen LogP contribution is -2.45. The van der Waals surface area contributed by atoms with Gasteiger partial charge in [-0.2, -0.15) is 0 Å². The highest BCUT2D eigenvalue weighted by atomic mass is 127. The summed E-state index contributed by atoms with van der Waals surface area (Å²) in [6.45, 7) is 8.03. The van der Waals surface area contributed by atoms with Crippen LogP contribution in [-0.4, -0.2) is 23.2 Å². The van der Waals surface area contributed by atoms with Gasteiger partial charge in [-0.25, -0.2) is 9.24 Å². The van der Waals surface area contributed by atoms with E-state index in [2.05, 4.69) is 10.2 Å². The zero-order chi connectivity index (χ0) is 17.7. The van der Waals surface area contributed by atoms with Crippen LogP contribution >= 0.6 is 22.6 Å². The van der Waals surface area contributed by atoms with Crippen LogP contribution in [0.1, 0.15) is 6.92 Å². The molecule has 0 aromatic heterocycles. The molecule has 0 bridgehead atoms. The molecule has 0 spiro atoms. The maximum atomic E-state index is 12.8. The molecule has 1 amide bonds. The topological polar surface area (TPSA) is 62.9 Å². The molecule has 1 unspecified atom stereocenters. The summed E-state index contributed by atoms with van der Waals surface area (Å²) in [7, 11) is 0. The van der Waals surface area contributed by atoms with Crippen molar-refractivity contribution < 1.29 is 19.0 Å². The standard InChI is InChI=1S/C17H14FIN2O3/c1-17(23,10-24-13-6-3-11(18)4-7-13)16(22)21-12-5-8-15(20-2)14(19)9-12/h3-9,23H,10H2,1H3,(H,21,22). The van der Waals surface area contributed by atoms with Gasteiger partial charge in [0.25, 0.3) is 5.91 Å². The zero-order valence-electron chi connectivity index (χ0n) is 12.7. The van der Waals surface area contributed by atoms with Crippen molar-refractivity contribution in [1.82, 2.24) is 0 Å². The summed E-state index contributed by atoms with van der Waals surface area (Å²) in [4.78, 5) is 15.6. The van der Waals surface area contributed by atoms with Crippen molar-refractivity contribution in [1.29, 1.82) is 0 Å². The van der Waals surface area contributed by atoms with Crippen molar-refractivity contribution in [2.75, 3.05) is 11.9 Å². The van der Waals surface area contributed by atoms with Crippen molar-refractivity contribution in [3.8, 4) is 5.75 Å². The molecule has 0 aliphatic rings. The van der Waals surface area contributed by atoms with Crippen LogP contribution in [0.15, 0.2) is 42.5 Å². The number of rotatable bonds is 5. The van der Waals surface area contributed by atoms with Gasteiger partial charge in [-0.3, -0.25) is 4.79 Å². The number of carbonyl (C=O) groups is 1. The molecule has 1 atom stereocenters. The van der Waals surface area contributed by atoms with Gasteiger partial charge >= 0.3 is 0 Å². The summed E-state index contributed by atoms with van der Waals surface area (Å²) >= 11 is 2.00. The van der Waals surface area contributed by atoms with E-state index >= 15 is 0 Å². The Bertz CT molecular complexity index is 785. The summed E-state index contributed by atoms with van der Waals surface area (Å²) in [5, 5.41) is 12.9. The third kappa shape index (κ3) is 4.66. The molecular weight excluding hydrogens is 426 g/mol. The maximum Gasteiger partial charge on any atom is 0.259 e. The van der Waals surface area contributed by atoms with E-state index in [9.17, 15) is 14.3 Å². The van der Waals surface area contributed by atoms with E-state index in [1.165, 1.54) is 31.2 Å². The minimum absolute atomic E-state index is 0.290. The molecule has 0 heterocycles. The van der Waals surface area contributed by atoms with Crippen LogP contribution in [0.4, 0.5) is 15.8 Å². The van der Waals surface area contributed by atoms with E-state index in [0.29, 0.717) is 20.7 Å². The lowest BCUT2D eigenvalue weighted by Gasteiger charge is -2.22. The molecule has 0 saturated carbocycles. The maximum absolute atomic E-state index is 12.8. The van der Waals surface area contributed by atoms with Crippen LogP contribution in [0.25, 0.3) is 4.85 Å². The van der Waals surface area contributed by atoms with Crippen molar-refractivity contribution in [2.45, 2.75) is 12.5 Å². The Morgan fingerprint density at radius 1 is 1.38 bits per heavy atom. The first-order valence-electron chi connectivity index (χ1n) is 6.91. The van der Waals surface area contributed by atoms with Gasteiger partial charge in [0, 0.05) is 9.26 Å². The minimum Gasteiger partial charge on any atom is -0.490 e. The normalized spacial score (nSPS) is 12.8. The van der Waals surface area contributed by atoms with Crippen molar-refractivity contribution in [3.05, 3.63) is 63.3 Å². The lowest BCUT2D eigenvalue weighted by atomic mass is 10.1. The van der Waals surface area contributed by atoms with Crippen molar-refractivity contribution in [2.24, 2.45) is 0 Å². The molecule has 0 saturated heterocycles. The number of hydrogen-bond donors (Lipinski definition) is 2. The van der Waals surface area contributed by atoms with Crippen LogP contribution in [0.2, 0.25) is 0 Å². The van der Waals surface area contributed by atoms with E-state index < -0.39 is 17.3 Å². The van der Waals surface area contributed by atoms with Crippen molar-refractivity contribution in [3.63, 3.8) is 0 Å². The summed E-state index contributed by atoms with van der Waals surface area (Å²) in [5.74, 6) is -0.694. The Morgan fingerprint density at radius 3 is 2.62 bits per heavy atom. The number of amides is 1. The number of benzene rings is 2. The molecule has 7 heteroatoms. The van der Waals surface area contributed by atoms with E-state index in [4.69, 9.17) is 11.3 Å². The zero-order valence-corrected chi connectivity index (χ0v) is 14.9. The number of anilines is 1. The number of nitrogens with zero attached hydrogens (tertiary/aromatic N) is 1. The fraction of sp³-hybridized carbons (Fsp3) is 0.176. The highest BCUT2D eigenvalue weighted by Crippen LogP contribution is 2.25. The van der Waals surface area contributed by atoms with Gasteiger partial charge in [0.2, 0.25) is 0 Å². The van der Waals surface area contributed by atoms with Gasteiger partial charge in [-0.1, -0.05) is 28.7 Å². The second kappa shape index (κ2) is 7.59. The number of aliphatic hydroxyl groups is 1. The average Bonchev–Trinajstić information content (AvgIpc) is 2.54. The molecule has 0 radical (unpaired) electrons. The van der Waals surface area contributed by atoms with E-state index in [0.717, 1.165) is 0 Å². The van der Waals surface area contributed by atoms with Crippen molar-refractivity contribution >= 4 is 39.9 Å². The fourth-order valence-corrected chi connectivity index (χ4v) is 2.40. The van der Waals surface area contributed by atoms with Gasteiger partial charge in [0.1, 0.15) is 18.2 Å². The van der Waals surface area contributed by atoms with E-state index in [-0.39, 0.29) is 6.61 Å².